The van der Waals surface area contributed by atoms with Crippen LogP contribution in [0.15, 0.2) is 48.5 Å². The normalized spacial score (nSPS) is 18.4. The molecule has 0 heterocycles. The van der Waals surface area contributed by atoms with Crippen molar-refractivity contribution in [1.82, 2.24) is 4.90 Å². The summed E-state index contributed by atoms with van der Waals surface area (Å²) in [5.74, 6) is 0. The second kappa shape index (κ2) is 5.18. The van der Waals surface area contributed by atoms with E-state index in [-0.39, 0.29) is 0 Å². The van der Waals surface area contributed by atoms with Crippen LogP contribution in [0.1, 0.15) is 17.5 Å². The Bertz CT molecular complexity index is 557. The molecule has 1 nitrogen and oxygen atoms in total. The van der Waals surface area contributed by atoms with Gasteiger partial charge in [0, 0.05) is 6.04 Å². The molecular weight excluding hydrogens is 230 g/mol. The lowest BCUT2D eigenvalue weighted by Crippen LogP contribution is -2.33. The molecule has 1 atom stereocenters. The van der Waals surface area contributed by atoms with E-state index in [1.807, 2.05) is 0 Å². The van der Waals surface area contributed by atoms with Crippen LogP contribution in [0.5, 0.6) is 0 Å². The molecule has 0 bridgehead atoms. The number of benzene rings is 2. The quantitative estimate of drug-likeness (QED) is 0.785. The molecule has 1 aliphatic carbocycles. The van der Waals surface area contributed by atoms with Crippen LogP contribution in [0.25, 0.3) is 11.1 Å². The first-order valence-electron chi connectivity index (χ1n) is 7.07. The molecule has 0 amide bonds. The Morgan fingerprint density at radius 3 is 2.42 bits per heavy atom. The number of nitrogens with zero attached hydrogens (tertiary/aromatic N) is 1. The third kappa shape index (κ3) is 2.57. The van der Waals surface area contributed by atoms with Gasteiger partial charge >= 0.3 is 0 Å². The van der Waals surface area contributed by atoms with Gasteiger partial charge in [0.05, 0.1) is 0 Å². The molecule has 0 aliphatic heterocycles. The van der Waals surface area contributed by atoms with Gasteiger partial charge in [-0.05, 0) is 55.6 Å². The molecule has 1 aliphatic rings. The lowest BCUT2D eigenvalue weighted by atomic mass is 9.86. The molecule has 0 fully saturated rings. The SMILES string of the molecule is CN(C)C1CCc2cc(-c3ccccc3)ccc2C1. The van der Waals surface area contributed by atoms with E-state index in [9.17, 15) is 0 Å². The maximum Gasteiger partial charge on any atom is 0.0133 e. The van der Waals surface area contributed by atoms with Gasteiger partial charge in [0.2, 0.25) is 0 Å². The van der Waals surface area contributed by atoms with Gasteiger partial charge in [-0.1, -0.05) is 48.5 Å². The molecule has 0 N–H and O–H groups in total. The molecule has 1 heteroatoms. The van der Waals surface area contributed by atoms with E-state index in [1.165, 1.54) is 36.0 Å². The van der Waals surface area contributed by atoms with Gasteiger partial charge in [-0.3, -0.25) is 0 Å². The standard InChI is InChI=1S/C18H21N/c1-19(2)18-11-10-16-12-15(8-9-17(16)13-18)14-6-4-3-5-7-14/h3-9,12,18H,10-11,13H2,1-2H3. The summed E-state index contributed by atoms with van der Waals surface area (Å²) in [5.41, 5.74) is 5.74. The summed E-state index contributed by atoms with van der Waals surface area (Å²) in [4.78, 5) is 2.36. The molecule has 0 radical (unpaired) electrons. The highest BCUT2D eigenvalue weighted by atomic mass is 15.1. The average molecular weight is 251 g/mol. The maximum atomic E-state index is 2.39. The second-order valence-electron chi connectivity index (χ2n) is 5.71. The van der Waals surface area contributed by atoms with Crippen LogP contribution < -0.4 is 0 Å². The summed E-state index contributed by atoms with van der Waals surface area (Å²) in [6.45, 7) is 0. The van der Waals surface area contributed by atoms with Crippen molar-refractivity contribution in [2.75, 3.05) is 14.1 Å². The molecular formula is C18H21N. The first-order chi connectivity index (χ1) is 9.24. The van der Waals surface area contributed by atoms with Gasteiger partial charge < -0.3 is 4.90 Å². The van der Waals surface area contributed by atoms with E-state index >= 15 is 0 Å². The summed E-state index contributed by atoms with van der Waals surface area (Å²) in [5, 5.41) is 0. The van der Waals surface area contributed by atoms with Crippen molar-refractivity contribution < 1.29 is 0 Å². The molecule has 0 saturated heterocycles. The second-order valence-corrected chi connectivity index (χ2v) is 5.71. The van der Waals surface area contributed by atoms with E-state index < -0.39 is 0 Å². The zero-order valence-corrected chi connectivity index (χ0v) is 11.8. The van der Waals surface area contributed by atoms with Crippen LogP contribution >= 0.6 is 0 Å². The van der Waals surface area contributed by atoms with Gasteiger partial charge in [-0.15, -0.1) is 0 Å². The van der Waals surface area contributed by atoms with Crippen molar-refractivity contribution in [1.29, 1.82) is 0 Å². The molecule has 2 aromatic carbocycles. The van der Waals surface area contributed by atoms with Crippen LogP contribution in [0.3, 0.4) is 0 Å². The van der Waals surface area contributed by atoms with Gasteiger partial charge in [0.25, 0.3) is 0 Å². The van der Waals surface area contributed by atoms with E-state index in [1.54, 1.807) is 5.56 Å². The van der Waals surface area contributed by atoms with Gasteiger partial charge in [0.15, 0.2) is 0 Å². The summed E-state index contributed by atoms with van der Waals surface area (Å²) in [6.07, 6.45) is 3.68. The van der Waals surface area contributed by atoms with Crippen LogP contribution in [0, 0.1) is 0 Å². The van der Waals surface area contributed by atoms with Crippen LogP contribution in [0.2, 0.25) is 0 Å². The smallest absolute Gasteiger partial charge is 0.0133 e. The number of fused-ring (bicyclic) bond motifs is 1. The molecule has 0 saturated carbocycles. The van der Waals surface area contributed by atoms with E-state index in [0.717, 1.165) is 0 Å². The topological polar surface area (TPSA) is 3.24 Å². The van der Waals surface area contributed by atoms with E-state index in [2.05, 4.69) is 67.5 Å². The van der Waals surface area contributed by atoms with Crippen LogP contribution in [0.4, 0.5) is 0 Å². The highest BCUT2D eigenvalue weighted by molar-refractivity contribution is 5.65. The summed E-state index contributed by atoms with van der Waals surface area (Å²) in [6, 6.07) is 18.4. The number of likely N-dealkylation sites (N-methyl/N-ethyl adjacent to an activating group) is 1. The number of hydrogen-bond acceptors (Lipinski definition) is 1. The third-order valence-electron chi connectivity index (χ3n) is 4.25. The monoisotopic (exact) mass is 251 g/mol. The Balaban J connectivity index is 1.90. The van der Waals surface area contributed by atoms with Crippen molar-refractivity contribution in [3.05, 3.63) is 59.7 Å². The molecule has 98 valence electrons. The Morgan fingerprint density at radius 1 is 0.895 bits per heavy atom. The highest BCUT2D eigenvalue weighted by Gasteiger charge is 2.20. The third-order valence-corrected chi connectivity index (χ3v) is 4.25. The number of rotatable bonds is 2. The Labute approximate surface area is 115 Å². The molecule has 1 unspecified atom stereocenters. The minimum Gasteiger partial charge on any atom is -0.306 e. The molecule has 0 spiro atoms. The fraction of sp³-hybridized carbons (Fsp3) is 0.333. The maximum absolute atomic E-state index is 2.39. The lowest BCUT2D eigenvalue weighted by Gasteiger charge is -2.30. The number of hydrogen-bond donors (Lipinski definition) is 0. The fourth-order valence-electron chi connectivity index (χ4n) is 2.99. The summed E-state index contributed by atoms with van der Waals surface area (Å²) < 4.78 is 0. The zero-order valence-electron chi connectivity index (χ0n) is 11.8. The highest BCUT2D eigenvalue weighted by Crippen LogP contribution is 2.28. The first-order valence-corrected chi connectivity index (χ1v) is 7.07. The fourth-order valence-corrected chi connectivity index (χ4v) is 2.99. The molecule has 2 aromatic rings. The van der Waals surface area contributed by atoms with Crippen molar-refractivity contribution in [2.45, 2.75) is 25.3 Å². The predicted molar refractivity (Wildman–Crippen MR) is 81.4 cm³/mol. The van der Waals surface area contributed by atoms with Gasteiger partial charge in [-0.25, -0.2) is 0 Å². The molecule has 3 rings (SSSR count). The largest absolute Gasteiger partial charge is 0.306 e. The van der Waals surface area contributed by atoms with Crippen LogP contribution in [-0.2, 0) is 12.8 Å². The predicted octanol–water partition coefficient (Wildman–Crippen LogP) is 3.77. The Kier molecular flexibility index (Phi) is 3.39. The van der Waals surface area contributed by atoms with Crippen molar-refractivity contribution in [3.8, 4) is 11.1 Å². The average Bonchev–Trinajstić information content (AvgIpc) is 2.47. The van der Waals surface area contributed by atoms with Crippen molar-refractivity contribution in [3.63, 3.8) is 0 Å². The number of aryl methyl sites for hydroxylation is 1. The van der Waals surface area contributed by atoms with Crippen molar-refractivity contribution >= 4 is 0 Å². The minimum absolute atomic E-state index is 0.704. The summed E-state index contributed by atoms with van der Waals surface area (Å²) in [7, 11) is 4.38. The molecule has 19 heavy (non-hydrogen) atoms. The van der Waals surface area contributed by atoms with E-state index in [4.69, 9.17) is 0 Å². The van der Waals surface area contributed by atoms with Crippen LogP contribution in [-0.4, -0.2) is 25.0 Å². The lowest BCUT2D eigenvalue weighted by molar-refractivity contribution is 0.268. The van der Waals surface area contributed by atoms with E-state index in [0.29, 0.717) is 6.04 Å². The summed E-state index contributed by atoms with van der Waals surface area (Å²) >= 11 is 0. The minimum atomic E-state index is 0.704. The van der Waals surface area contributed by atoms with Gasteiger partial charge in [0.1, 0.15) is 0 Å². The first kappa shape index (κ1) is 12.4. The Hall–Kier alpha value is -1.60. The zero-order chi connectivity index (χ0) is 13.2. The molecule has 0 aromatic heterocycles. The Morgan fingerprint density at radius 2 is 1.68 bits per heavy atom. The van der Waals surface area contributed by atoms with Crippen molar-refractivity contribution in [2.24, 2.45) is 0 Å². The van der Waals surface area contributed by atoms with Gasteiger partial charge in [-0.2, -0.15) is 0 Å².